The van der Waals surface area contributed by atoms with Gasteiger partial charge >= 0.3 is 5.97 Å². The average Bonchev–Trinajstić information content (AvgIpc) is 2.33. The molecule has 0 spiro atoms. The zero-order chi connectivity index (χ0) is 13.7. The van der Waals surface area contributed by atoms with Gasteiger partial charge in [-0.25, -0.2) is 4.79 Å². The quantitative estimate of drug-likeness (QED) is 0.653. The predicted octanol–water partition coefficient (Wildman–Crippen LogP) is 1.59. The van der Waals surface area contributed by atoms with Crippen LogP contribution in [0.15, 0.2) is 22.7 Å². The Balaban J connectivity index is 2.69. The lowest BCUT2D eigenvalue weighted by molar-refractivity contribution is -0.146. The predicted molar refractivity (Wildman–Crippen MR) is 72.1 cm³/mol. The van der Waals surface area contributed by atoms with Crippen LogP contribution in [-0.2, 0) is 14.3 Å². The van der Waals surface area contributed by atoms with Gasteiger partial charge in [0.25, 0.3) is 5.91 Å². The molecule has 0 aliphatic carbocycles. The number of hydrogen-bond acceptors (Lipinski definition) is 4. The maximum Gasteiger partial charge on any atom is 0.332 e. The molecule has 98 valence electrons. The minimum atomic E-state index is -1.31. The van der Waals surface area contributed by atoms with E-state index in [0.29, 0.717) is 5.69 Å². The summed E-state index contributed by atoms with van der Waals surface area (Å²) in [6.45, 7) is 3.74. The number of carbonyl (C=O) groups excluding carboxylic acids is 2. The van der Waals surface area contributed by atoms with E-state index < -0.39 is 17.9 Å². The van der Waals surface area contributed by atoms with Gasteiger partial charge in [0.2, 0.25) is 0 Å². The van der Waals surface area contributed by atoms with Gasteiger partial charge in [0.15, 0.2) is 6.04 Å². The maximum absolute atomic E-state index is 11.7. The van der Waals surface area contributed by atoms with Crippen LogP contribution in [0.4, 0.5) is 5.69 Å². The van der Waals surface area contributed by atoms with Gasteiger partial charge in [-0.2, -0.15) is 0 Å². The number of esters is 1. The summed E-state index contributed by atoms with van der Waals surface area (Å²) in [6, 6.07) is 3.99. The number of benzene rings is 1. The third kappa shape index (κ3) is 3.82. The van der Waals surface area contributed by atoms with Crippen molar-refractivity contribution < 1.29 is 14.3 Å². The molecule has 5 nitrogen and oxygen atoms in total. The number of rotatable bonds is 4. The van der Waals surface area contributed by atoms with E-state index in [1.807, 2.05) is 6.92 Å². The van der Waals surface area contributed by atoms with Crippen molar-refractivity contribution in [1.82, 2.24) is 0 Å². The van der Waals surface area contributed by atoms with Crippen molar-refractivity contribution in [3.8, 4) is 0 Å². The molecule has 0 fully saturated rings. The molecule has 0 heterocycles. The smallest absolute Gasteiger partial charge is 0.332 e. The summed E-state index contributed by atoms with van der Waals surface area (Å²) in [4.78, 5) is 23.0. The molecule has 1 rings (SSSR count). The first kappa shape index (κ1) is 14.7. The number of anilines is 1. The van der Waals surface area contributed by atoms with Crippen molar-refractivity contribution in [1.29, 1.82) is 0 Å². The molecule has 6 heteroatoms. The number of nitrogens with two attached hydrogens (primary N) is 1. The van der Waals surface area contributed by atoms with Crippen molar-refractivity contribution in [2.75, 3.05) is 11.9 Å². The molecule has 0 saturated heterocycles. The highest BCUT2D eigenvalue weighted by Crippen LogP contribution is 2.19. The van der Waals surface area contributed by atoms with Crippen LogP contribution in [0, 0.1) is 6.92 Å². The van der Waals surface area contributed by atoms with E-state index in [1.165, 1.54) is 0 Å². The number of amides is 1. The van der Waals surface area contributed by atoms with Gasteiger partial charge in [0.1, 0.15) is 0 Å². The molecule has 0 aromatic heterocycles. The van der Waals surface area contributed by atoms with Crippen LogP contribution in [0.25, 0.3) is 0 Å². The summed E-state index contributed by atoms with van der Waals surface area (Å²) in [7, 11) is 0. The Bertz CT molecular complexity index is 463. The third-order valence-electron chi connectivity index (χ3n) is 2.25. The van der Waals surface area contributed by atoms with E-state index in [2.05, 4.69) is 26.0 Å². The number of carbonyl (C=O) groups is 2. The topological polar surface area (TPSA) is 81.4 Å². The molecule has 3 N–H and O–H groups in total. The Labute approximate surface area is 114 Å². The Morgan fingerprint density at radius 1 is 1.50 bits per heavy atom. The number of ether oxygens (including phenoxy) is 1. The zero-order valence-corrected chi connectivity index (χ0v) is 11.8. The fourth-order valence-electron chi connectivity index (χ4n) is 1.28. The summed E-state index contributed by atoms with van der Waals surface area (Å²) >= 11 is 3.36. The summed E-state index contributed by atoms with van der Waals surface area (Å²) in [5.74, 6) is -1.32. The van der Waals surface area contributed by atoms with Crippen molar-refractivity contribution in [2.45, 2.75) is 19.9 Å². The van der Waals surface area contributed by atoms with Gasteiger partial charge in [-0.3, -0.25) is 4.79 Å². The molecule has 1 amide bonds. The van der Waals surface area contributed by atoms with Crippen LogP contribution in [0.2, 0.25) is 0 Å². The van der Waals surface area contributed by atoms with Crippen molar-refractivity contribution >= 4 is 33.5 Å². The molecular weight excluding hydrogens is 300 g/mol. The number of hydrogen-bond donors (Lipinski definition) is 2. The largest absolute Gasteiger partial charge is 0.464 e. The second kappa shape index (κ2) is 6.51. The lowest BCUT2D eigenvalue weighted by Gasteiger charge is -2.11. The van der Waals surface area contributed by atoms with Crippen LogP contribution in [0.5, 0.6) is 0 Å². The molecule has 0 aliphatic heterocycles. The van der Waals surface area contributed by atoms with Gasteiger partial charge in [0.05, 0.1) is 6.61 Å². The number of aryl methyl sites for hydroxylation is 1. The minimum absolute atomic E-state index is 0.192. The molecule has 1 unspecified atom stereocenters. The van der Waals surface area contributed by atoms with Gasteiger partial charge in [-0.05, 0) is 37.6 Å². The van der Waals surface area contributed by atoms with Gasteiger partial charge < -0.3 is 15.8 Å². The summed E-state index contributed by atoms with van der Waals surface area (Å²) < 4.78 is 5.61. The number of halogens is 1. The van der Waals surface area contributed by atoms with E-state index in [1.54, 1.807) is 25.1 Å². The van der Waals surface area contributed by atoms with Crippen LogP contribution in [-0.4, -0.2) is 24.5 Å². The fourth-order valence-corrected chi connectivity index (χ4v) is 1.53. The molecular formula is C12H15BrN2O3. The van der Waals surface area contributed by atoms with Crippen LogP contribution in [0.1, 0.15) is 12.5 Å². The SMILES string of the molecule is CCOC(=O)C(N)C(=O)Nc1ccc(Br)c(C)c1. The van der Waals surface area contributed by atoms with Crippen LogP contribution < -0.4 is 11.1 Å². The zero-order valence-electron chi connectivity index (χ0n) is 10.2. The molecule has 0 saturated carbocycles. The van der Waals surface area contributed by atoms with Gasteiger partial charge in [-0.1, -0.05) is 15.9 Å². The van der Waals surface area contributed by atoms with Crippen LogP contribution in [0.3, 0.4) is 0 Å². The van der Waals surface area contributed by atoms with Crippen molar-refractivity contribution in [3.63, 3.8) is 0 Å². The molecule has 0 bridgehead atoms. The molecule has 1 atom stereocenters. The molecule has 0 radical (unpaired) electrons. The Hall–Kier alpha value is -1.40. The molecule has 1 aromatic rings. The summed E-state index contributed by atoms with van der Waals surface area (Å²) in [5, 5.41) is 2.56. The van der Waals surface area contributed by atoms with Gasteiger partial charge in [0, 0.05) is 10.2 Å². The first-order chi connectivity index (χ1) is 8.45. The molecule has 0 aliphatic rings. The second-order valence-electron chi connectivity index (χ2n) is 3.68. The van der Waals surface area contributed by atoms with E-state index in [0.717, 1.165) is 10.0 Å². The minimum Gasteiger partial charge on any atom is -0.464 e. The van der Waals surface area contributed by atoms with E-state index >= 15 is 0 Å². The van der Waals surface area contributed by atoms with E-state index in [9.17, 15) is 9.59 Å². The Kier molecular flexibility index (Phi) is 5.30. The summed E-state index contributed by atoms with van der Waals surface area (Å²) in [6.07, 6.45) is 0. The van der Waals surface area contributed by atoms with Gasteiger partial charge in [-0.15, -0.1) is 0 Å². The lowest BCUT2D eigenvalue weighted by Crippen LogP contribution is -2.43. The highest BCUT2D eigenvalue weighted by Gasteiger charge is 2.23. The first-order valence-electron chi connectivity index (χ1n) is 5.45. The van der Waals surface area contributed by atoms with Crippen molar-refractivity contribution in [3.05, 3.63) is 28.2 Å². The van der Waals surface area contributed by atoms with Crippen LogP contribution >= 0.6 is 15.9 Å². The highest BCUT2D eigenvalue weighted by atomic mass is 79.9. The molecule has 18 heavy (non-hydrogen) atoms. The maximum atomic E-state index is 11.7. The van der Waals surface area contributed by atoms with E-state index in [4.69, 9.17) is 5.73 Å². The summed E-state index contributed by atoms with van der Waals surface area (Å²) in [5.41, 5.74) is 7.02. The lowest BCUT2D eigenvalue weighted by atomic mass is 10.2. The first-order valence-corrected chi connectivity index (χ1v) is 6.24. The highest BCUT2D eigenvalue weighted by molar-refractivity contribution is 9.10. The Morgan fingerprint density at radius 2 is 2.17 bits per heavy atom. The van der Waals surface area contributed by atoms with Crippen molar-refractivity contribution in [2.24, 2.45) is 5.73 Å². The second-order valence-corrected chi connectivity index (χ2v) is 4.54. The fraction of sp³-hybridized carbons (Fsp3) is 0.333. The molecule has 1 aromatic carbocycles. The third-order valence-corrected chi connectivity index (χ3v) is 3.14. The normalized spacial score (nSPS) is 11.8. The van der Waals surface area contributed by atoms with E-state index in [-0.39, 0.29) is 6.61 Å². The standard InChI is InChI=1S/C12H15BrN2O3/c1-3-18-12(17)10(14)11(16)15-8-4-5-9(13)7(2)6-8/h4-6,10H,3,14H2,1-2H3,(H,15,16). The average molecular weight is 315 g/mol. The monoisotopic (exact) mass is 314 g/mol. The Morgan fingerprint density at radius 3 is 2.72 bits per heavy atom. The number of nitrogens with one attached hydrogen (secondary N) is 1.